The molecule has 0 aliphatic rings. The van der Waals surface area contributed by atoms with Crippen molar-refractivity contribution < 1.29 is 4.79 Å². The number of carbonyl (C=O) groups is 1. The van der Waals surface area contributed by atoms with Crippen molar-refractivity contribution >= 4 is 55.8 Å². The Kier molecular flexibility index (Phi) is 5.07. The fraction of sp³-hybridized carbons (Fsp3) is 0.0500. The first kappa shape index (κ1) is 17.9. The maximum atomic E-state index is 13.2. The molecule has 7 heteroatoms. The van der Waals surface area contributed by atoms with Gasteiger partial charge in [0.1, 0.15) is 5.52 Å². The van der Waals surface area contributed by atoms with Crippen molar-refractivity contribution in [3.8, 4) is 0 Å². The quantitative estimate of drug-likeness (QED) is 0.421. The minimum Gasteiger partial charge on any atom is -0.279 e. The summed E-state index contributed by atoms with van der Waals surface area (Å²) < 4.78 is 0.928. The van der Waals surface area contributed by atoms with E-state index in [4.69, 9.17) is 23.2 Å². The summed E-state index contributed by atoms with van der Waals surface area (Å²) in [5, 5.41) is 1.73. The zero-order valence-corrected chi connectivity index (χ0v) is 16.3. The highest BCUT2D eigenvalue weighted by Crippen LogP contribution is 2.34. The molecule has 27 heavy (non-hydrogen) atoms. The Labute approximate surface area is 170 Å². The predicted molar refractivity (Wildman–Crippen MR) is 111 cm³/mol. The van der Waals surface area contributed by atoms with Crippen molar-refractivity contribution in [2.24, 2.45) is 0 Å². The lowest BCUT2D eigenvalue weighted by Crippen LogP contribution is -2.30. The summed E-state index contributed by atoms with van der Waals surface area (Å²) in [5.74, 6) is -0.161. The average Bonchev–Trinajstić information content (AvgIpc) is 3.12. The Balaban J connectivity index is 1.78. The predicted octanol–water partition coefficient (Wildman–Crippen LogP) is 5.85. The molecule has 0 saturated heterocycles. The van der Waals surface area contributed by atoms with Gasteiger partial charge in [-0.3, -0.25) is 14.7 Å². The number of thiazole rings is 1. The van der Waals surface area contributed by atoms with E-state index in [2.05, 4.69) is 9.97 Å². The molecule has 0 fully saturated rings. The van der Waals surface area contributed by atoms with Crippen LogP contribution in [-0.4, -0.2) is 15.9 Å². The van der Waals surface area contributed by atoms with E-state index in [-0.39, 0.29) is 5.91 Å². The molecule has 0 saturated carbocycles. The molecular weight excluding hydrogens is 401 g/mol. The highest BCUT2D eigenvalue weighted by molar-refractivity contribution is 7.22. The Morgan fingerprint density at radius 2 is 1.85 bits per heavy atom. The monoisotopic (exact) mass is 413 g/mol. The molecule has 0 aliphatic carbocycles. The largest absolute Gasteiger partial charge is 0.279 e. The molecule has 4 rings (SSSR count). The van der Waals surface area contributed by atoms with Crippen LogP contribution in [0.2, 0.25) is 10.0 Å². The number of pyridine rings is 1. The number of carbonyl (C=O) groups excluding carboxylic acids is 1. The number of hydrogen-bond acceptors (Lipinski definition) is 4. The number of rotatable bonds is 4. The van der Waals surface area contributed by atoms with Crippen LogP contribution >= 0.6 is 34.5 Å². The molecule has 0 radical (unpaired) electrons. The van der Waals surface area contributed by atoms with Gasteiger partial charge in [0, 0.05) is 23.0 Å². The minimum atomic E-state index is -0.161. The van der Waals surface area contributed by atoms with Gasteiger partial charge in [-0.2, -0.15) is 0 Å². The summed E-state index contributed by atoms with van der Waals surface area (Å²) >= 11 is 13.6. The second kappa shape index (κ2) is 7.64. The summed E-state index contributed by atoms with van der Waals surface area (Å²) in [4.78, 5) is 23.6. The van der Waals surface area contributed by atoms with Crippen molar-refractivity contribution in [1.29, 1.82) is 0 Å². The summed E-state index contributed by atoms with van der Waals surface area (Å²) in [6, 6.07) is 16.2. The fourth-order valence-electron chi connectivity index (χ4n) is 2.67. The standard InChI is InChI=1S/C20H13Cl2N3OS/c21-15-8-6-14(7-9-15)19(26)25(12-13-3-2-10-23-11-13)20-24-18-16(22)4-1-5-17(18)27-20/h1-11H,12H2. The van der Waals surface area contributed by atoms with E-state index in [0.29, 0.717) is 32.8 Å². The Bertz CT molecular complexity index is 1100. The number of hydrogen-bond donors (Lipinski definition) is 0. The van der Waals surface area contributed by atoms with Crippen LogP contribution in [0.3, 0.4) is 0 Å². The van der Waals surface area contributed by atoms with E-state index >= 15 is 0 Å². The van der Waals surface area contributed by atoms with Crippen LogP contribution in [0.5, 0.6) is 0 Å². The van der Waals surface area contributed by atoms with E-state index < -0.39 is 0 Å². The SMILES string of the molecule is O=C(c1ccc(Cl)cc1)N(Cc1cccnc1)c1nc2c(Cl)cccc2s1. The van der Waals surface area contributed by atoms with Gasteiger partial charge < -0.3 is 0 Å². The van der Waals surface area contributed by atoms with Crippen molar-refractivity contribution in [1.82, 2.24) is 9.97 Å². The van der Waals surface area contributed by atoms with E-state index in [9.17, 15) is 4.79 Å². The molecule has 0 atom stereocenters. The van der Waals surface area contributed by atoms with Gasteiger partial charge in [0.25, 0.3) is 5.91 Å². The number of benzene rings is 2. The van der Waals surface area contributed by atoms with Gasteiger partial charge in [0.2, 0.25) is 0 Å². The second-order valence-electron chi connectivity index (χ2n) is 5.84. The summed E-state index contributed by atoms with van der Waals surface area (Å²) in [6.07, 6.45) is 3.44. The van der Waals surface area contributed by atoms with Crippen LogP contribution in [0.25, 0.3) is 10.2 Å². The molecule has 2 heterocycles. The van der Waals surface area contributed by atoms with Crippen LogP contribution in [-0.2, 0) is 6.54 Å². The lowest BCUT2D eigenvalue weighted by molar-refractivity contribution is 0.0985. The number of aromatic nitrogens is 2. The normalized spacial score (nSPS) is 10.9. The zero-order chi connectivity index (χ0) is 18.8. The molecule has 134 valence electrons. The maximum Gasteiger partial charge on any atom is 0.260 e. The number of amides is 1. The molecular formula is C20H13Cl2N3OS. The third-order valence-electron chi connectivity index (χ3n) is 3.99. The number of nitrogens with zero attached hydrogens (tertiary/aromatic N) is 3. The number of anilines is 1. The van der Waals surface area contributed by atoms with Gasteiger partial charge in [-0.1, -0.05) is 46.7 Å². The molecule has 2 aromatic carbocycles. The fourth-order valence-corrected chi connectivity index (χ4v) is 4.06. The van der Waals surface area contributed by atoms with Crippen molar-refractivity contribution in [2.45, 2.75) is 6.54 Å². The van der Waals surface area contributed by atoms with E-state index in [1.165, 1.54) is 11.3 Å². The third-order valence-corrected chi connectivity index (χ3v) is 5.59. The highest BCUT2D eigenvalue weighted by Gasteiger charge is 2.22. The smallest absolute Gasteiger partial charge is 0.260 e. The average molecular weight is 414 g/mol. The van der Waals surface area contributed by atoms with E-state index in [1.807, 2.05) is 24.3 Å². The first-order valence-corrected chi connectivity index (χ1v) is 9.70. The highest BCUT2D eigenvalue weighted by atomic mass is 35.5. The van der Waals surface area contributed by atoms with E-state index in [0.717, 1.165) is 10.3 Å². The van der Waals surface area contributed by atoms with Crippen molar-refractivity contribution in [3.05, 3.63) is 88.2 Å². The van der Waals surface area contributed by atoms with Crippen LogP contribution in [0.1, 0.15) is 15.9 Å². The van der Waals surface area contributed by atoms with Crippen molar-refractivity contribution in [3.63, 3.8) is 0 Å². The molecule has 0 aliphatic heterocycles. The maximum absolute atomic E-state index is 13.2. The first-order chi connectivity index (χ1) is 13.1. The Morgan fingerprint density at radius 3 is 2.56 bits per heavy atom. The number of para-hydroxylation sites is 1. The van der Waals surface area contributed by atoms with Gasteiger partial charge in [-0.15, -0.1) is 0 Å². The lowest BCUT2D eigenvalue weighted by Gasteiger charge is -2.20. The van der Waals surface area contributed by atoms with Gasteiger partial charge >= 0.3 is 0 Å². The number of halogens is 2. The van der Waals surface area contributed by atoms with Gasteiger partial charge in [0.05, 0.1) is 16.3 Å². The molecule has 0 N–H and O–H groups in total. The van der Waals surface area contributed by atoms with Crippen molar-refractivity contribution in [2.75, 3.05) is 4.90 Å². The van der Waals surface area contributed by atoms with Crippen LogP contribution in [0.15, 0.2) is 67.0 Å². The lowest BCUT2D eigenvalue weighted by atomic mass is 10.2. The molecule has 2 aromatic heterocycles. The molecule has 4 aromatic rings. The van der Waals surface area contributed by atoms with Crippen LogP contribution < -0.4 is 4.90 Å². The Morgan fingerprint density at radius 1 is 1.04 bits per heavy atom. The van der Waals surface area contributed by atoms with Crippen LogP contribution in [0.4, 0.5) is 5.13 Å². The van der Waals surface area contributed by atoms with Gasteiger partial charge in [0.15, 0.2) is 5.13 Å². The van der Waals surface area contributed by atoms with Crippen LogP contribution in [0, 0.1) is 0 Å². The molecule has 1 amide bonds. The van der Waals surface area contributed by atoms with Gasteiger partial charge in [-0.25, -0.2) is 4.98 Å². The molecule has 0 spiro atoms. The second-order valence-corrected chi connectivity index (χ2v) is 7.70. The topological polar surface area (TPSA) is 46.1 Å². The first-order valence-electron chi connectivity index (χ1n) is 8.13. The number of fused-ring (bicyclic) bond motifs is 1. The molecule has 4 nitrogen and oxygen atoms in total. The summed E-state index contributed by atoms with van der Waals surface area (Å²) in [5.41, 5.74) is 2.14. The van der Waals surface area contributed by atoms with Gasteiger partial charge in [-0.05, 0) is 48.0 Å². The zero-order valence-electron chi connectivity index (χ0n) is 14.0. The summed E-state index contributed by atoms with van der Waals surface area (Å²) in [6.45, 7) is 0.354. The molecule has 0 bridgehead atoms. The summed E-state index contributed by atoms with van der Waals surface area (Å²) in [7, 11) is 0. The molecule has 0 unspecified atom stereocenters. The third kappa shape index (κ3) is 3.81. The van der Waals surface area contributed by atoms with E-state index in [1.54, 1.807) is 47.6 Å². The minimum absolute atomic E-state index is 0.161. The Hall–Kier alpha value is -2.47.